The molecule has 1 aromatic heterocycles. The Bertz CT molecular complexity index is 482. The fourth-order valence-corrected chi connectivity index (χ4v) is 2.66. The molecule has 0 unspecified atom stereocenters. The normalized spacial score (nSPS) is 10.7. The van der Waals surface area contributed by atoms with Crippen molar-refractivity contribution in [1.29, 1.82) is 0 Å². The minimum Gasteiger partial charge on any atom is -0.298 e. The van der Waals surface area contributed by atoms with E-state index in [1.165, 1.54) is 15.0 Å². The molecule has 0 saturated heterocycles. The molecular formula is C12H12OS. The molecule has 0 bridgehead atoms. The molecule has 0 radical (unpaired) electrons. The molecule has 0 saturated carbocycles. The van der Waals surface area contributed by atoms with Crippen molar-refractivity contribution in [2.45, 2.75) is 20.3 Å². The summed E-state index contributed by atoms with van der Waals surface area (Å²) in [6.45, 7) is 4.17. The molecule has 2 rings (SSSR count). The first kappa shape index (κ1) is 9.41. The average Bonchev–Trinajstić information content (AvgIpc) is 2.54. The number of fused-ring (bicyclic) bond motifs is 1. The van der Waals surface area contributed by atoms with Crippen molar-refractivity contribution in [1.82, 2.24) is 0 Å². The molecule has 0 fully saturated rings. The predicted octanol–water partition coefficient (Wildman–Crippen LogP) is 3.58. The Hall–Kier alpha value is -1.15. The van der Waals surface area contributed by atoms with E-state index in [1.54, 1.807) is 11.3 Å². The summed E-state index contributed by atoms with van der Waals surface area (Å²) < 4.78 is 1.28. The first-order valence-electron chi connectivity index (χ1n) is 4.73. The van der Waals surface area contributed by atoms with Gasteiger partial charge in [0.2, 0.25) is 0 Å². The van der Waals surface area contributed by atoms with Crippen LogP contribution in [-0.4, -0.2) is 6.29 Å². The summed E-state index contributed by atoms with van der Waals surface area (Å²) in [6.07, 6.45) is 1.87. The minimum absolute atomic E-state index is 0.831. The minimum atomic E-state index is 0.831. The standard InChI is InChI=1S/C12H12OS/c1-3-9-6-12-10(4-8(2)14-12)5-11(9)7-13/h4-7H,3H2,1-2H3. The number of carbonyl (C=O) groups excluding carboxylic acids is 1. The number of carbonyl (C=O) groups is 1. The largest absolute Gasteiger partial charge is 0.298 e. The average molecular weight is 204 g/mol. The van der Waals surface area contributed by atoms with Crippen LogP contribution in [0.15, 0.2) is 18.2 Å². The van der Waals surface area contributed by atoms with Crippen molar-refractivity contribution in [2.75, 3.05) is 0 Å². The third-order valence-electron chi connectivity index (χ3n) is 2.41. The molecule has 0 N–H and O–H groups in total. The first-order valence-corrected chi connectivity index (χ1v) is 5.54. The zero-order valence-electron chi connectivity index (χ0n) is 8.33. The van der Waals surface area contributed by atoms with Gasteiger partial charge >= 0.3 is 0 Å². The van der Waals surface area contributed by atoms with E-state index < -0.39 is 0 Å². The van der Waals surface area contributed by atoms with E-state index in [4.69, 9.17) is 0 Å². The Morgan fingerprint density at radius 3 is 2.79 bits per heavy atom. The molecular weight excluding hydrogens is 192 g/mol. The van der Waals surface area contributed by atoms with Crippen LogP contribution in [0.25, 0.3) is 10.1 Å². The summed E-state index contributed by atoms with van der Waals surface area (Å²) in [5, 5.41) is 1.19. The highest BCUT2D eigenvalue weighted by Crippen LogP contribution is 2.27. The molecule has 0 aliphatic rings. The van der Waals surface area contributed by atoms with Crippen LogP contribution in [0.4, 0.5) is 0 Å². The van der Waals surface area contributed by atoms with Crippen molar-refractivity contribution in [3.63, 3.8) is 0 Å². The second-order valence-electron chi connectivity index (χ2n) is 3.42. The summed E-state index contributed by atoms with van der Waals surface area (Å²) in [5.41, 5.74) is 1.98. The zero-order chi connectivity index (χ0) is 10.1. The van der Waals surface area contributed by atoms with Crippen LogP contribution in [0.2, 0.25) is 0 Å². The number of rotatable bonds is 2. The second kappa shape index (κ2) is 3.54. The SMILES string of the molecule is CCc1cc2sc(C)cc2cc1C=O. The van der Waals surface area contributed by atoms with Gasteiger partial charge in [0.25, 0.3) is 0 Å². The van der Waals surface area contributed by atoms with Crippen LogP contribution < -0.4 is 0 Å². The van der Waals surface area contributed by atoms with Gasteiger partial charge in [0.1, 0.15) is 6.29 Å². The molecule has 72 valence electrons. The van der Waals surface area contributed by atoms with Crippen molar-refractivity contribution >= 4 is 27.7 Å². The van der Waals surface area contributed by atoms with Gasteiger partial charge in [0.05, 0.1) is 0 Å². The van der Waals surface area contributed by atoms with Crippen LogP contribution in [0.5, 0.6) is 0 Å². The highest BCUT2D eigenvalue weighted by Gasteiger charge is 2.04. The maximum atomic E-state index is 10.8. The number of aryl methyl sites for hydroxylation is 2. The summed E-state index contributed by atoms with van der Waals surface area (Å²) in [7, 11) is 0. The van der Waals surface area contributed by atoms with Gasteiger partial charge in [0.15, 0.2) is 0 Å². The number of hydrogen-bond donors (Lipinski definition) is 0. The number of hydrogen-bond acceptors (Lipinski definition) is 2. The van der Waals surface area contributed by atoms with Crippen molar-refractivity contribution in [3.8, 4) is 0 Å². The fraction of sp³-hybridized carbons (Fsp3) is 0.250. The monoisotopic (exact) mass is 204 g/mol. The lowest BCUT2D eigenvalue weighted by atomic mass is 10.0. The van der Waals surface area contributed by atoms with Crippen LogP contribution >= 0.6 is 11.3 Å². The molecule has 0 aliphatic heterocycles. The zero-order valence-corrected chi connectivity index (χ0v) is 9.15. The summed E-state index contributed by atoms with van der Waals surface area (Å²) in [5.74, 6) is 0. The Labute approximate surface area is 87.4 Å². The van der Waals surface area contributed by atoms with Gasteiger partial charge in [-0.05, 0) is 42.5 Å². The van der Waals surface area contributed by atoms with Gasteiger partial charge < -0.3 is 0 Å². The summed E-state index contributed by atoms with van der Waals surface area (Å²) >= 11 is 1.78. The topological polar surface area (TPSA) is 17.1 Å². The smallest absolute Gasteiger partial charge is 0.150 e. The fourth-order valence-electron chi connectivity index (χ4n) is 1.70. The van der Waals surface area contributed by atoms with Crippen molar-refractivity contribution < 1.29 is 4.79 Å². The maximum absolute atomic E-state index is 10.8. The number of benzene rings is 1. The Morgan fingerprint density at radius 1 is 1.36 bits per heavy atom. The van der Waals surface area contributed by atoms with E-state index >= 15 is 0 Å². The van der Waals surface area contributed by atoms with Gasteiger partial charge in [-0.25, -0.2) is 0 Å². The number of aldehydes is 1. The molecule has 0 spiro atoms. The molecule has 2 heteroatoms. The van der Waals surface area contributed by atoms with E-state index in [-0.39, 0.29) is 0 Å². The third-order valence-corrected chi connectivity index (χ3v) is 3.42. The third kappa shape index (κ3) is 1.46. The van der Waals surface area contributed by atoms with Crippen LogP contribution in [0.1, 0.15) is 27.7 Å². The molecule has 1 nitrogen and oxygen atoms in total. The molecule has 2 aromatic rings. The lowest BCUT2D eigenvalue weighted by molar-refractivity contribution is 0.112. The summed E-state index contributed by atoms with van der Waals surface area (Å²) in [4.78, 5) is 12.1. The molecule has 1 heterocycles. The maximum Gasteiger partial charge on any atom is 0.150 e. The van der Waals surface area contributed by atoms with Crippen molar-refractivity contribution in [3.05, 3.63) is 34.2 Å². The second-order valence-corrected chi connectivity index (χ2v) is 4.71. The van der Waals surface area contributed by atoms with E-state index in [0.717, 1.165) is 23.8 Å². The van der Waals surface area contributed by atoms with Gasteiger partial charge in [-0.1, -0.05) is 6.92 Å². The summed E-state index contributed by atoms with van der Waals surface area (Å²) in [6, 6.07) is 6.26. The molecule has 14 heavy (non-hydrogen) atoms. The van der Waals surface area contributed by atoms with E-state index in [9.17, 15) is 4.79 Å². The van der Waals surface area contributed by atoms with Gasteiger partial charge in [0, 0.05) is 15.1 Å². The van der Waals surface area contributed by atoms with E-state index in [0.29, 0.717) is 0 Å². The molecule has 0 amide bonds. The molecule has 1 aromatic carbocycles. The van der Waals surface area contributed by atoms with Gasteiger partial charge in [-0.2, -0.15) is 0 Å². The predicted molar refractivity (Wildman–Crippen MR) is 61.3 cm³/mol. The Kier molecular flexibility index (Phi) is 2.38. The van der Waals surface area contributed by atoms with E-state index in [1.807, 2.05) is 6.07 Å². The lowest BCUT2D eigenvalue weighted by Gasteiger charge is -2.00. The molecule has 0 atom stereocenters. The lowest BCUT2D eigenvalue weighted by Crippen LogP contribution is -1.89. The Balaban J connectivity index is 2.74. The first-order chi connectivity index (χ1) is 6.74. The quantitative estimate of drug-likeness (QED) is 0.683. The highest BCUT2D eigenvalue weighted by atomic mass is 32.1. The van der Waals surface area contributed by atoms with Crippen LogP contribution in [-0.2, 0) is 6.42 Å². The highest BCUT2D eigenvalue weighted by molar-refractivity contribution is 7.19. The van der Waals surface area contributed by atoms with E-state index in [2.05, 4.69) is 26.0 Å². The van der Waals surface area contributed by atoms with Crippen LogP contribution in [0.3, 0.4) is 0 Å². The van der Waals surface area contributed by atoms with Gasteiger partial charge in [-0.15, -0.1) is 11.3 Å². The van der Waals surface area contributed by atoms with Gasteiger partial charge in [-0.3, -0.25) is 4.79 Å². The van der Waals surface area contributed by atoms with Crippen LogP contribution in [0, 0.1) is 6.92 Å². The number of thiophene rings is 1. The molecule has 0 aliphatic carbocycles. The Morgan fingerprint density at radius 2 is 2.14 bits per heavy atom. The van der Waals surface area contributed by atoms with Crippen molar-refractivity contribution in [2.24, 2.45) is 0 Å².